The van der Waals surface area contributed by atoms with Crippen molar-refractivity contribution in [3.05, 3.63) is 0 Å². The highest BCUT2D eigenvalue weighted by molar-refractivity contribution is 8.07. The molecule has 1 atom stereocenters. The van der Waals surface area contributed by atoms with Crippen molar-refractivity contribution in [3.63, 3.8) is 0 Å². The number of hydrogen-bond donors (Lipinski definition) is 0. The maximum atomic E-state index is 5.61. The lowest BCUT2D eigenvalue weighted by atomic mass is 9.80. The van der Waals surface area contributed by atoms with E-state index in [2.05, 4.69) is 13.8 Å². The fraction of sp³-hybridized carbons (Fsp3) is 1.00. The van der Waals surface area contributed by atoms with Crippen molar-refractivity contribution in [1.82, 2.24) is 0 Å². The van der Waals surface area contributed by atoms with E-state index in [1.54, 1.807) is 0 Å². The van der Waals surface area contributed by atoms with Gasteiger partial charge in [-0.05, 0) is 25.2 Å². The molecule has 3 aliphatic heterocycles. The van der Waals surface area contributed by atoms with Gasteiger partial charge in [0.15, 0.2) is 0 Å². The summed E-state index contributed by atoms with van der Waals surface area (Å²) >= 11 is 5.15. The Kier molecular flexibility index (Phi) is 2.54. The molecule has 0 saturated carbocycles. The minimum atomic E-state index is -2.32. The molecule has 3 aliphatic rings. The third-order valence-electron chi connectivity index (χ3n) is 2.92. The van der Waals surface area contributed by atoms with E-state index in [1.807, 2.05) is 0 Å². The zero-order valence-corrected chi connectivity index (χ0v) is 9.70. The standard InChI is InChI=1S/C8H15O3PS/c1-3-4-8-5-9-12(13,10-6-8)11-7(8)2/h7H,3-6H2,1-2H3. The van der Waals surface area contributed by atoms with Crippen molar-refractivity contribution in [2.45, 2.75) is 32.8 Å². The van der Waals surface area contributed by atoms with E-state index in [4.69, 9.17) is 25.4 Å². The second-order valence-electron chi connectivity index (χ2n) is 3.85. The van der Waals surface area contributed by atoms with Crippen molar-refractivity contribution in [3.8, 4) is 0 Å². The Labute approximate surface area is 84.0 Å². The Morgan fingerprint density at radius 1 is 1.46 bits per heavy atom. The highest BCUT2D eigenvalue weighted by atomic mass is 32.5. The number of hydrogen-bond acceptors (Lipinski definition) is 4. The molecular weight excluding hydrogens is 207 g/mol. The fourth-order valence-electron chi connectivity index (χ4n) is 1.94. The van der Waals surface area contributed by atoms with E-state index in [-0.39, 0.29) is 11.5 Å². The van der Waals surface area contributed by atoms with Gasteiger partial charge in [-0.2, -0.15) is 0 Å². The first-order chi connectivity index (χ1) is 6.10. The fourth-order valence-corrected chi connectivity index (χ4v) is 4.28. The van der Waals surface area contributed by atoms with Gasteiger partial charge in [0.2, 0.25) is 0 Å². The average molecular weight is 222 g/mol. The summed E-state index contributed by atoms with van der Waals surface area (Å²) in [6.45, 7) is 3.38. The Morgan fingerprint density at radius 2 is 2.08 bits per heavy atom. The zero-order chi connectivity index (χ0) is 9.53. The summed E-state index contributed by atoms with van der Waals surface area (Å²) in [4.78, 5) is 0. The molecule has 3 fully saturated rings. The van der Waals surface area contributed by atoms with Crippen molar-refractivity contribution >= 4 is 18.5 Å². The van der Waals surface area contributed by atoms with Gasteiger partial charge in [0.25, 0.3) is 0 Å². The molecule has 0 N–H and O–H groups in total. The van der Waals surface area contributed by atoms with Gasteiger partial charge >= 0.3 is 6.72 Å². The smallest absolute Gasteiger partial charge is 0.308 e. The van der Waals surface area contributed by atoms with Gasteiger partial charge in [-0.15, -0.1) is 0 Å². The second kappa shape index (κ2) is 3.28. The summed E-state index contributed by atoms with van der Waals surface area (Å²) in [5, 5.41) is 0. The van der Waals surface area contributed by atoms with Gasteiger partial charge in [-0.3, -0.25) is 0 Å². The molecule has 3 heterocycles. The average Bonchev–Trinajstić information content (AvgIpc) is 2.08. The molecule has 1 unspecified atom stereocenters. The van der Waals surface area contributed by atoms with E-state index in [0.717, 1.165) is 26.1 Å². The van der Waals surface area contributed by atoms with Crippen LogP contribution in [0.15, 0.2) is 0 Å². The molecule has 2 bridgehead atoms. The van der Waals surface area contributed by atoms with Crippen LogP contribution in [0, 0.1) is 5.41 Å². The number of fused-ring (bicyclic) bond motifs is 3. The lowest BCUT2D eigenvalue weighted by molar-refractivity contribution is -0.120. The largest absolute Gasteiger partial charge is 0.327 e. The molecule has 76 valence electrons. The van der Waals surface area contributed by atoms with Gasteiger partial charge in [0, 0.05) is 5.41 Å². The van der Waals surface area contributed by atoms with Crippen LogP contribution in [-0.2, 0) is 25.4 Å². The topological polar surface area (TPSA) is 27.7 Å². The first-order valence-electron chi connectivity index (χ1n) is 4.68. The third kappa shape index (κ3) is 1.59. The normalized spacial score (nSPS) is 49.5. The van der Waals surface area contributed by atoms with Crippen LogP contribution in [0.25, 0.3) is 0 Å². The molecule has 0 aromatic carbocycles. The predicted molar refractivity (Wildman–Crippen MR) is 54.1 cm³/mol. The maximum absolute atomic E-state index is 5.61. The molecule has 0 amide bonds. The molecule has 3 nitrogen and oxygen atoms in total. The first kappa shape index (κ1) is 10.1. The maximum Gasteiger partial charge on any atom is 0.327 e. The molecule has 0 aromatic rings. The van der Waals surface area contributed by atoms with Crippen LogP contribution in [0.4, 0.5) is 0 Å². The van der Waals surface area contributed by atoms with Crippen LogP contribution < -0.4 is 0 Å². The van der Waals surface area contributed by atoms with Gasteiger partial charge < -0.3 is 13.6 Å². The van der Waals surface area contributed by atoms with Crippen LogP contribution in [0.2, 0.25) is 0 Å². The summed E-state index contributed by atoms with van der Waals surface area (Å²) in [5.74, 6) is 0. The Bertz CT molecular complexity index is 244. The number of rotatable bonds is 2. The van der Waals surface area contributed by atoms with Crippen LogP contribution in [0.3, 0.4) is 0 Å². The molecular formula is C8H15O3PS. The van der Waals surface area contributed by atoms with Crippen molar-refractivity contribution in [2.24, 2.45) is 5.41 Å². The minimum absolute atomic E-state index is 0.0648. The molecule has 3 rings (SSSR count). The van der Waals surface area contributed by atoms with E-state index in [1.165, 1.54) is 0 Å². The molecule has 0 spiro atoms. The Hall–Kier alpha value is 0.530. The summed E-state index contributed by atoms with van der Waals surface area (Å²) in [6, 6.07) is 0. The highest BCUT2D eigenvalue weighted by Crippen LogP contribution is 2.63. The van der Waals surface area contributed by atoms with Crippen LogP contribution in [0.1, 0.15) is 26.7 Å². The Morgan fingerprint density at radius 3 is 2.54 bits per heavy atom. The minimum Gasteiger partial charge on any atom is -0.308 e. The van der Waals surface area contributed by atoms with E-state index in [0.29, 0.717) is 0 Å². The lowest BCUT2D eigenvalue weighted by Gasteiger charge is -2.50. The monoisotopic (exact) mass is 222 g/mol. The van der Waals surface area contributed by atoms with Crippen molar-refractivity contribution < 1.29 is 13.6 Å². The van der Waals surface area contributed by atoms with Crippen LogP contribution >= 0.6 is 6.72 Å². The quantitative estimate of drug-likeness (QED) is 0.671. The summed E-state index contributed by atoms with van der Waals surface area (Å²) in [6.07, 6.45) is 2.41. The summed E-state index contributed by atoms with van der Waals surface area (Å²) < 4.78 is 16.6. The van der Waals surface area contributed by atoms with Crippen molar-refractivity contribution in [1.29, 1.82) is 0 Å². The van der Waals surface area contributed by atoms with Crippen LogP contribution in [-0.4, -0.2) is 19.3 Å². The highest BCUT2D eigenvalue weighted by Gasteiger charge is 2.51. The van der Waals surface area contributed by atoms with Crippen molar-refractivity contribution in [2.75, 3.05) is 13.2 Å². The SMILES string of the molecule is CCCC12COP(=S)(OC1)OC2C. The van der Waals surface area contributed by atoms with Gasteiger partial charge in [0.05, 0.1) is 19.3 Å². The van der Waals surface area contributed by atoms with Gasteiger partial charge in [-0.25, -0.2) is 0 Å². The van der Waals surface area contributed by atoms with Gasteiger partial charge in [0.1, 0.15) is 0 Å². The molecule has 0 radical (unpaired) electrons. The summed E-state index contributed by atoms with van der Waals surface area (Å²) in [7, 11) is 0. The molecule has 0 aromatic heterocycles. The molecule has 5 heteroatoms. The van der Waals surface area contributed by atoms with Crippen LogP contribution in [0.5, 0.6) is 0 Å². The molecule has 3 saturated heterocycles. The lowest BCUT2D eigenvalue weighted by Crippen LogP contribution is -2.49. The van der Waals surface area contributed by atoms with E-state index >= 15 is 0 Å². The summed E-state index contributed by atoms with van der Waals surface area (Å²) in [5.41, 5.74) is 0.0648. The predicted octanol–water partition coefficient (Wildman–Crippen LogP) is 2.46. The molecule has 13 heavy (non-hydrogen) atoms. The Balaban J connectivity index is 2.18. The molecule has 0 aliphatic carbocycles. The first-order valence-corrected chi connectivity index (χ1v) is 7.23. The van der Waals surface area contributed by atoms with E-state index in [9.17, 15) is 0 Å². The zero-order valence-electron chi connectivity index (χ0n) is 7.99. The third-order valence-corrected chi connectivity index (χ3v) is 5.27. The van der Waals surface area contributed by atoms with E-state index < -0.39 is 6.72 Å². The van der Waals surface area contributed by atoms with Gasteiger partial charge in [-0.1, -0.05) is 13.3 Å². The second-order valence-corrected chi connectivity index (χ2v) is 6.82.